The van der Waals surface area contributed by atoms with E-state index in [0.29, 0.717) is 13.1 Å². The van der Waals surface area contributed by atoms with Crippen LogP contribution in [0.5, 0.6) is 0 Å². The zero-order valence-electron chi connectivity index (χ0n) is 10.4. The van der Waals surface area contributed by atoms with Gasteiger partial charge in [0.1, 0.15) is 10.9 Å². The Labute approximate surface area is 111 Å². The number of carbonyl (C=O) groups excluding carboxylic acids is 1. The van der Waals surface area contributed by atoms with Gasteiger partial charge >= 0.3 is 5.97 Å². The van der Waals surface area contributed by atoms with Crippen molar-refractivity contribution in [3.05, 3.63) is 24.5 Å². The molecule has 1 aliphatic rings. The first-order valence-electron chi connectivity index (χ1n) is 5.77. The van der Waals surface area contributed by atoms with Crippen molar-refractivity contribution >= 4 is 16.0 Å². The second-order valence-corrected chi connectivity index (χ2v) is 6.02. The third-order valence-electron chi connectivity index (χ3n) is 2.90. The molecule has 7 nitrogen and oxygen atoms in total. The fraction of sp³-hybridized carbons (Fsp3) is 0.455. The van der Waals surface area contributed by atoms with Crippen LogP contribution in [0.25, 0.3) is 0 Å². The summed E-state index contributed by atoms with van der Waals surface area (Å²) < 4.78 is 30.6. The number of methoxy groups -OCH3 is 1. The number of hydrogen-bond donors (Lipinski definition) is 1. The lowest BCUT2D eigenvalue weighted by Crippen LogP contribution is -2.55. The van der Waals surface area contributed by atoms with E-state index in [9.17, 15) is 13.2 Å². The van der Waals surface area contributed by atoms with Crippen LogP contribution in [0.3, 0.4) is 0 Å². The number of esters is 1. The molecule has 19 heavy (non-hydrogen) atoms. The average molecular weight is 285 g/mol. The van der Waals surface area contributed by atoms with E-state index in [1.165, 1.54) is 29.9 Å². The van der Waals surface area contributed by atoms with E-state index in [2.05, 4.69) is 15.0 Å². The molecule has 1 atom stereocenters. The van der Waals surface area contributed by atoms with Gasteiger partial charge in [0.05, 0.1) is 7.11 Å². The summed E-state index contributed by atoms with van der Waals surface area (Å²) >= 11 is 0. The summed E-state index contributed by atoms with van der Waals surface area (Å²) in [4.78, 5) is 15.4. The van der Waals surface area contributed by atoms with Crippen LogP contribution in [0.2, 0.25) is 0 Å². The Balaban J connectivity index is 2.20. The maximum absolute atomic E-state index is 12.3. The van der Waals surface area contributed by atoms with E-state index in [-0.39, 0.29) is 11.4 Å². The molecule has 0 saturated carbocycles. The number of ether oxygens (including phenoxy) is 1. The highest BCUT2D eigenvalue weighted by Crippen LogP contribution is 2.16. The quantitative estimate of drug-likeness (QED) is 0.733. The minimum atomic E-state index is -3.61. The molecule has 0 amide bonds. The molecule has 1 N–H and O–H groups in total. The first-order chi connectivity index (χ1) is 9.05. The molecular formula is C11H15N3O4S. The van der Waals surface area contributed by atoms with Crippen molar-refractivity contribution in [3.63, 3.8) is 0 Å². The molecule has 1 aromatic rings. The first kappa shape index (κ1) is 13.9. The number of aromatic nitrogens is 1. The Bertz CT molecular complexity index is 546. The van der Waals surface area contributed by atoms with Gasteiger partial charge in [0.2, 0.25) is 10.0 Å². The van der Waals surface area contributed by atoms with Crippen LogP contribution in [0.15, 0.2) is 29.4 Å². The Kier molecular flexibility index (Phi) is 4.13. The predicted octanol–water partition coefficient (Wildman–Crippen LogP) is -0.783. The molecule has 0 bridgehead atoms. The molecule has 0 radical (unpaired) electrons. The molecular weight excluding hydrogens is 270 g/mol. The lowest BCUT2D eigenvalue weighted by atomic mass is 10.2. The van der Waals surface area contributed by atoms with Gasteiger partial charge in [-0.15, -0.1) is 0 Å². The van der Waals surface area contributed by atoms with Crippen molar-refractivity contribution in [2.45, 2.75) is 10.9 Å². The van der Waals surface area contributed by atoms with Gasteiger partial charge in [-0.2, -0.15) is 4.31 Å². The van der Waals surface area contributed by atoms with Gasteiger partial charge in [0, 0.05) is 32.0 Å². The SMILES string of the molecule is COC(=O)C1CN(S(=O)(=O)c2cccnc2)CCN1. The molecule has 2 rings (SSSR count). The van der Waals surface area contributed by atoms with Crippen LogP contribution in [0, 0.1) is 0 Å². The van der Waals surface area contributed by atoms with Crippen molar-refractivity contribution < 1.29 is 17.9 Å². The summed E-state index contributed by atoms with van der Waals surface area (Å²) in [6.07, 6.45) is 2.80. The molecule has 0 aliphatic carbocycles. The zero-order chi connectivity index (χ0) is 13.9. The average Bonchev–Trinajstić information content (AvgIpc) is 2.47. The van der Waals surface area contributed by atoms with Crippen LogP contribution < -0.4 is 5.32 Å². The van der Waals surface area contributed by atoms with Gasteiger partial charge in [0.25, 0.3) is 0 Å². The van der Waals surface area contributed by atoms with Crippen molar-refractivity contribution in [2.24, 2.45) is 0 Å². The van der Waals surface area contributed by atoms with Crippen LogP contribution in [0.1, 0.15) is 0 Å². The molecule has 104 valence electrons. The molecule has 1 fully saturated rings. The highest BCUT2D eigenvalue weighted by molar-refractivity contribution is 7.89. The molecule has 8 heteroatoms. The smallest absolute Gasteiger partial charge is 0.324 e. The Morgan fingerprint density at radius 3 is 3.00 bits per heavy atom. The summed E-state index contributed by atoms with van der Waals surface area (Å²) in [5.74, 6) is -0.467. The van der Waals surface area contributed by atoms with E-state index < -0.39 is 22.0 Å². The second-order valence-electron chi connectivity index (χ2n) is 4.08. The monoisotopic (exact) mass is 285 g/mol. The van der Waals surface area contributed by atoms with Gasteiger partial charge in [-0.25, -0.2) is 8.42 Å². The number of piperazine rings is 1. The fourth-order valence-corrected chi connectivity index (χ4v) is 3.31. The fourth-order valence-electron chi connectivity index (χ4n) is 1.89. The van der Waals surface area contributed by atoms with Gasteiger partial charge in [-0.05, 0) is 12.1 Å². The van der Waals surface area contributed by atoms with Gasteiger partial charge in [-0.1, -0.05) is 0 Å². The summed E-state index contributed by atoms with van der Waals surface area (Å²) in [5, 5.41) is 2.93. The summed E-state index contributed by atoms with van der Waals surface area (Å²) in [6, 6.07) is 2.41. The minimum Gasteiger partial charge on any atom is -0.468 e. The van der Waals surface area contributed by atoms with Crippen molar-refractivity contribution in [3.8, 4) is 0 Å². The summed E-state index contributed by atoms with van der Waals surface area (Å²) in [5.41, 5.74) is 0. The number of pyridine rings is 1. The van der Waals surface area contributed by atoms with Gasteiger partial charge in [0.15, 0.2) is 0 Å². The summed E-state index contributed by atoms with van der Waals surface area (Å²) in [6.45, 7) is 0.772. The molecule has 1 aromatic heterocycles. The first-order valence-corrected chi connectivity index (χ1v) is 7.21. The van der Waals surface area contributed by atoms with Crippen molar-refractivity contribution in [1.29, 1.82) is 0 Å². The molecule has 1 unspecified atom stereocenters. The van der Waals surface area contributed by atoms with E-state index >= 15 is 0 Å². The topological polar surface area (TPSA) is 88.6 Å². The lowest BCUT2D eigenvalue weighted by Gasteiger charge is -2.31. The molecule has 0 spiro atoms. The highest BCUT2D eigenvalue weighted by atomic mass is 32.2. The maximum atomic E-state index is 12.3. The van der Waals surface area contributed by atoms with Gasteiger partial charge < -0.3 is 10.1 Å². The van der Waals surface area contributed by atoms with Crippen LogP contribution in [0.4, 0.5) is 0 Å². The largest absolute Gasteiger partial charge is 0.468 e. The number of nitrogens with zero attached hydrogens (tertiary/aromatic N) is 2. The van der Waals surface area contributed by atoms with Crippen LogP contribution in [-0.2, 0) is 19.6 Å². The predicted molar refractivity (Wildman–Crippen MR) is 66.8 cm³/mol. The molecule has 1 saturated heterocycles. The number of carbonyl (C=O) groups is 1. The minimum absolute atomic E-state index is 0.0594. The third-order valence-corrected chi connectivity index (χ3v) is 4.74. The highest BCUT2D eigenvalue weighted by Gasteiger charge is 2.33. The third kappa shape index (κ3) is 2.91. The second kappa shape index (κ2) is 5.64. The van der Waals surface area contributed by atoms with Crippen LogP contribution >= 0.6 is 0 Å². The van der Waals surface area contributed by atoms with Crippen molar-refractivity contribution in [1.82, 2.24) is 14.6 Å². The molecule has 0 aromatic carbocycles. The van der Waals surface area contributed by atoms with Crippen LogP contribution in [-0.4, -0.2) is 56.5 Å². The van der Waals surface area contributed by atoms with Gasteiger partial charge in [-0.3, -0.25) is 9.78 Å². The number of hydrogen-bond acceptors (Lipinski definition) is 6. The number of sulfonamides is 1. The summed E-state index contributed by atoms with van der Waals surface area (Å²) in [7, 11) is -2.34. The Hall–Kier alpha value is -1.51. The lowest BCUT2D eigenvalue weighted by molar-refractivity contribution is -0.143. The number of rotatable bonds is 3. The molecule has 2 heterocycles. The van der Waals surface area contributed by atoms with E-state index in [4.69, 9.17) is 0 Å². The number of nitrogens with one attached hydrogen (secondary N) is 1. The molecule has 1 aliphatic heterocycles. The Morgan fingerprint density at radius 2 is 2.37 bits per heavy atom. The standard InChI is InChI=1S/C11H15N3O4S/c1-18-11(15)10-8-14(6-5-13-10)19(16,17)9-3-2-4-12-7-9/h2-4,7,10,13H,5-6,8H2,1H3. The maximum Gasteiger partial charge on any atom is 0.324 e. The zero-order valence-corrected chi connectivity index (χ0v) is 11.3. The van der Waals surface area contributed by atoms with E-state index in [0.717, 1.165) is 0 Å². The van der Waals surface area contributed by atoms with E-state index in [1.54, 1.807) is 6.07 Å². The Morgan fingerprint density at radius 1 is 1.58 bits per heavy atom. The van der Waals surface area contributed by atoms with E-state index in [1.807, 2.05) is 0 Å². The van der Waals surface area contributed by atoms with Crippen molar-refractivity contribution in [2.75, 3.05) is 26.7 Å². The normalized spacial score (nSPS) is 21.0.